The molecule has 1 heterocycles. The Balaban J connectivity index is 2.16. The average molecular weight is 248 g/mol. The van der Waals surface area contributed by atoms with E-state index in [9.17, 15) is 0 Å². The molecular formula is C15H24N2O. The van der Waals surface area contributed by atoms with E-state index < -0.39 is 0 Å². The fourth-order valence-corrected chi connectivity index (χ4v) is 2.71. The molecule has 0 radical (unpaired) electrons. The Morgan fingerprint density at radius 3 is 2.50 bits per heavy atom. The van der Waals surface area contributed by atoms with E-state index in [0.29, 0.717) is 12.6 Å². The predicted octanol–water partition coefficient (Wildman–Crippen LogP) is 3.26. The summed E-state index contributed by atoms with van der Waals surface area (Å²) < 4.78 is 6.20. The van der Waals surface area contributed by atoms with E-state index in [1.807, 2.05) is 19.9 Å². The fourth-order valence-electron chi connectivity index (χ4n) is 2.71. The van der Waals surface area contributed by atoms with E-state index in [1.54, 1.807) is 0 Å². The Labute approximate surface area is 110 Å². The first-order valence-electron chi connectivity index (χ1n) is 7.04. The molecule has 18 heavy (non-hydrogen) atoms. The molecule has 0 aliphatic heterocycles. The minimum Gasteiger partial charge on any atom is -0.490 e. The van der Waals surface area contributed by atoms with Crippen LogP contribution in [-0.2, 0) is 6.54 Å². The van der Waals surface area contributed by atoms with Crippen LogP contribution in [0, 0.1) is 13.8 Å². The summed E-state index contributed by atoms with van der Waals surface area (Å²) in [6.07, 6.45) is 7.96. The van der Waals surface area contributed by atoms with Crippen molar-refractivity contribution < 1.29 is 4.74 Å². The highest BCUT2D eigenvalue weighted by atomic mass is 16.5. The van der Waals surface area contributed by atoms with Crippen molar-refractivity contribution >= 4 is 0 Å². The van der Waals surface area contributed by atoms with Gasteiger partial charge in [0.1, 0.15) is 5.75 Å². The van der Waals surface area contributed by atoms with Gasteiger partial charge in [-0.05, 0) is 39.5 Å². The number of pyridine rings is 1. The summed E-state index contributed by atoms with van der Waals surface area (Å²) in [6.45, 7) is 4.52. The van der Waals surface area contributed by atoms with Crippen molar-refractivity contribution in [3.05, 3.63) is 23.0 Å². The van der Waals surface area contributed by atoms with Crippen LogP contribution < -0.4 is 10.5 Å². The molecule has 3 heteroatoms. The molecule has 100 valence electrons. The molecule has 0 saturated heterocycles. The number of aromatic nitrogens is 1. The van der Waals surface area contributed by atoms with E-state index in [1.165, 1.54) is 38.5 Å². The van der Waals surface area contributed by atoms with Crippen LogP contribution in [0.25, 0.3) is 0 Å². The highest BCUT2D eigenvalue weighted by molar-refractivity contribution is 5.37. The zero-order valence-electron chi connectivity index (χ0n) is 11.5. The summed E-state index contributed by atoms with van der Waals surface area (Å²) in [5.74, 6) is 0.953. The molecule has 1 aliphatic rings. The minimum absolute atomic E-state index is 0.360. The molecule has 2 rings (SSSR count). The number of rotatable bonds is 3. The second-order valence-electron chi connectivity index (χ2n) is 5.26. The average Bonchev–Trinajstić information content (AvgIpc) is 2.57. The van der Waals surface area contributed by atoms with Gasteiger partial charge in [0.25, 0.3) is 0 Å². The van der Waals surface area contributed by atoms with Gasteiger partial charge in [0.15, 0.2) is 0 Å². The normalized spacial score (nSPS) is 17.5. The first kappa shape index (κ1) is 13.3. The molecule has 0 amide bonds. The van der Waals surface area contributed by atoms with Crippen LogP contribution in [-0.4, -0.2) is 11.1 Å². The van der Waals surface area contributed by atoms with Gasteiger partial charge in [0, 0.05) is 29.6 Å². The zero-order valence-corrected chi connectivity index (χ0v) is 11.5. The predicted molar refractivity (Wildman–Crippen MR) is 73.7 cm³/mol. The van der Waals surface area contributed by atoms with Gasteiger partial charge in [-0.3, -0.25) is 4.98 Å². The SMILES string of the molecule is Cc1cc(OC2CCCCCC2)c(CN)c(C)n1. The third-order valence-electron chi connectivity index (χ3n) is 3.72. The summed E-state index contributed by atoms with van der Waals surface area (Å²) in [4.78, 5) is 4.46. The van der Waals surface area contributed by atoms with Gasteiger partial charge in [-0.2, -0.15) is 0 Å². The van der Waals surface area contributed by atoms with Crippen LogP contribution in [0.15, 0.2) is 6.07 Å². The molecule has 0 spiro atoms. The maximum atomic E-state index is 6.20. The zero-order chi connectivity index (χ0) is 13.0. The Morgan fingerprint density at radius 1 is 1.22 bits per heavy atom. The Hall–Kier alpha value is -1.09. The Bertz CT molecular complexity index is 396. The second-order valence-corrected chi connectivity index (χ2v) is 5.26. The van der Waals surface area contributed by atoms with E-state index in [0.717, 1.165) is 22.7 Å². The topological polar surface area (TPSA) is 48.1 Å². The van der Waals surface area contributed by atoms with E-state index in [4.69, 9.17) is 10.5 Å². The van der Waals surface area contributed by atoms with Gasteiger partial charge >= 0.3 is 0 Å². The molecule has 1 fully saturated rings. The molecular weight excluding hydrogens is 224 g/mol. The van der Waals surface area contributed by atoms with Crippen molar-refractivity contribution in [2.24, 2.45) is 5.73 Å². The van der Waals surface area contributed by atoms with Crippen molar-refractivity contribution in [2.75, 3.05) is 0 Å². The van der Waals surface area contributed by atoms with E-state index in [2.05, 4.69) is 4.98 Å². The molecule has 1 aromatic rings. The number of nitrogens with two attached hydrogens (primary N) is 1. The highest BCUT2D eigenvalue weighted by Gasteiger charge is 2.16. The summed E-state index contributed by atoms with van der Waals surface area (Å²) in [6, 6.07) is 2.03. The smallest absolute Gasteiger partial charge is 0.127 e. The third-order valence-corrected chi connectivity index (χ3v) is 3.72. The van der Waals surface area contributed by atoms with Crippen molar-refractivity contribution in [3.8, 4) is 5.75 Å². The van der Waals surface area contributed by atoms with Gasteiger partial charge in [-0.1, -0.05) is 12.8 Å². The van der Waals surface area contributed by atoms with Gasteiger partial charge in [0.2, 0.25) is 0 Å². The van der Waals surface area contributed by atoms with Gasteiger partial charge in [0.05, 0.1) is 6.10 Å². The summed E-state index contributed by atoms with van der Waals surface area (Å²) in [5.41, 5.74) is 8.89. The molecule has 3 nitrogen and oxygen atoms in total. The maximum Gasteiger partial charge on any atom is 0.127 e. The lowest BCUT2D eigenvalue weighted by molar-refractivity contribution is 0.181. The van der Waals surface area contributed by atoms with Crippen LogP contribution in [0.5, 0.6) is 5.75 Å². The highest BCUT2D eigenvalue weighted by Crippen LogP contribution is 2.27. The van der Waals surface area contributed by atoms with Gasteiger partial charge in [-0.25, -0.2) is 0 Å². The lowest BCUT2D eigenvalue weighted by Crippen LogP contribution is -2.17. The number of nitrogens with zero attached hydrogens (tertiary/aromatic N) is 1. The molecule has 0 unspecified atom stereocenters. The summed E-state index contributed by atoms with van der Waals surface area (Å²) in [5, 5.41) is 0. The molecule has 0 bridgehead atoms. The largest absolute Gasteiger partial charge is 0.490 e. The van der Waals surface area contributed by atoms with Crippen LogP contribution in [0.2, 0.25) is 0 Å². The van der Waals surface area contributed by atoms with Crippen molar-refractivity contribution in [2.45, 2.75) is 65.0 Å². The van der Waals surface area contributed by atoms with Crippen LogP contribution in [0.4, 0.5) is 0 Å². The fraction of sp³-hybridized carbons (Fsp3) is 0.667. The van der Waals surface area contributed by atoms with E-state index in [-0.39, 0.29) is 0 Å². The third kappa shape index (κ3) is 3.22. The van der Waals surface area contributed by atoms with Crippen LogP contribution in [0.1, 0.15) is 55.5 Å². The Morgan fingerprint density at radius 2 is 1.89 bits per heavy atom. The van der Waals surface area contributed by atoms with Gasteiger partial charge < -0.3 is 10.5 Å². The number of aryl methyl sites for hydroxylation is 2. The molecule has 1 saturated carbocycles. The lowest BCUT2D eigenvalue weighted by Gasteiger charge is -2.20. The van der Waals surface area contributed by atoms with Gasteiger partial charge in [-0.15, -0.1) is 0 Å². The van der Waals surface area contributed by atoms with Crippen LogP contribution in [0.3, 0.4) is 0 Å². The first-order chi connectivity index (χ1) is 8.70. The molecule has 2 N–H and O–H groups in total. The second kappa shape index (κ2) is 6.19. The van der Waals surface area contributed by atoms with Crippen molar-refractivity contribution in [3.63, 3.8) is 0 Å². The number of hydrogen-bond donors (Lipinski definition) is 1. The summed E-state index contributed by atoms with van der Waals surface area (Å²) in [7, 11) is 0. The number of hydrogen-bond acceptors (Lipinski definition) is 3. The minimum atomic E-state index is 0.360. The lowest BCUT2D eigenvalue weighted by atomic mass is 10.1. The number of ether oxygens (including phenoxy) is 1. The quantitative estimate of drug-likeness (QED) is 0.835. The standard InChI is InChI=1S/C15H24N2O/c1-11-9-15(14(10-16)12(2)17-11)18-13-7-5-3-4-6-8-13/h9,13H,3-8,10,16H2,1-2H3. The monoisotopic (exact) mass is 248 g/mol. The first-order valence-corrected chi connectivity index (χ1v) is 7.04. The molecule has 1 aromatic heterocycles. The van der Waals surface area contributed by atoms with Crippen molar-refractivity contribution in [1.29, 1.82) is 0 Å². The van der Waals surface area contributed by atoms with Crippen LogP contribution >= 0.6 is 0 Å². The molecule has 0 aromatic carbocycles. The van der Waals surface area contributed by atoms with Crippen molar-refractivity contribution in [1.82, 2.24) is 4.98 Å². The molecule has 0 atom stereocenters. The summed E-state index contributed by atoms with van der Waals surface area (Å²) >= 11 is 0. The Kier molecular flexibility index (Phi) is 4.59. The van der Waals surface area contributed by atoms with E-state index >= 15 is 0 Å². The molecule has 1 aliphatic carbocycles. The maximum absolute atomic E-state index is 6.20.